The average molecular weight is 495 g/mol. The summed E-state index contributed by atoms with van der Waals surface area (Å²) in [4.78, 5) is 38.5. The molecule has 2 aliphatic rings. The summed E-state index contributed by atoms with van der Waals surface area (Å²) in [5.41, 5.74) is 0.622. The Labute approximate surface area is 202 Å². The van der Waals surface area contributed by atoms with Crippen molar-refractivity contribution < 1.29 is 38.1 Å². The molecular formula is C23H30N2O8S. The lowest BCUT2D eigenvalue weighted by Crippen LogP contribution is -2.37. The van der Waals surface area contributed by atoms with Gasteiger partial charge in [0.25, 0.3) is 11.1 Å². The van der Waals surface area contributed by atoms with Crippen molar-refractivity contribution in [3.8, 4) is 17.2 Å². The molecule has 11 heteroatoms. The maximum Gasteiger partial charge on any atom is 0.293 e. The monoisotopic (exact) mass is 494 g/mol. The number of carbonyl (C=O) groups is 3. The van der Waals surface area contributed by atoms with Crippen LogP contribution >= 0.6 is 11.8 Å². The highest BCUT2D eigenvalue weighted by Gasteiger charge is 2.34. The Morgan fingerprint density at radius 3 is 2.56 bits per heavy atom. The van der Waals surface area contributed by atoms with E-state index in [0.29, 0.717) is 36.0 Å². The van der Waals surface area contributed by atoms with Crippen molar-refractivity contribution in [1.82, 2.24) is 10.2 Å². The van der Waals surface area contributed by atoms with E-state index in [1.165, 1.54) is 21.3 Å². The van der Waals surface area contributed by atoms with Crippen LogP contribution in [-0.2, 0) is 19.1 Å². The van der Waals surface area contributed by atoms with Gasteiger partial charge in [-0.3, -0.25) is 19.3 Å². The number of nitrogens with zero attached hydrogens (tertiary/aromatic N) is 1. The van der Waals surface area contributed by atoms with Crippen molar-refractivity contribution >= 4 is 34.9 Å². The summed E-state index contributed by atoms with van der Waals surface area (Å²) in [6.07, 6.45) is 3.95. The van der Waals surface area contributed by atoms with Crippen molar-refractivity contribution in [2.24, 2.45) is 0 Å². The largest absolute Gasteiger partial charge is 0.493 e. The number of thioether (sulfide) groups is 1. The van der Waals surface area contributed by atoms with Gasteiger partial charge in [-0.2, -0.15) is 0 Å². The average Bonchev–Trinajstić information content (AvgIpc) is 3.44. The second kappa shape index (κ2) is 12.6. The van der Waals surface area contributed by atoms with Crippen molar-refractivity contribution in [2.75, 3.05) is 54.2 Å². The minimum Gasteiger partial charge on any atom is -0.493 e. The molecule has 1 N–H and O–H groups in total. The van der Waals surface area contributed by atoms with E-state index < -0.39 is 11.1 Å². The molecule has 0 spiro atoms. The summed E-state index contributed by atoms with van der Waals surface area (Å²) < 4.78 is 26.9. The highest BCUT2D eigenvalue weighted by molar-refractivity contribution is 8.18. The molecule has 1 atom stereocenters. The van der Waals surface area contributed by atoms with E-state index >= 15 is 0 Å². The van der Waals surface area contributed by atoms with Crippen LogP contribution in [0.5, 0.6) is 17.2 Å². The number of methoxy groups -OCH3 is 3. The van der Waals surface area contributed by atoms with E-state index in [4.69, 9.17) is 23.7 Å². The fourth-order valence-corrected chi connectivity index (χ4v) is 4.44. The fraction of sp³-hybridized carbons (Fsp3) is 0.522. The number of ether oxygens (including phenoxy) is 5. The number of benzene rings is 1. The van der Waals surface area contributed by atoms with Crippen LogP contribution in [0.2, 0.25) is 0 Å². The SMILES string of the molecule is COc1cc(/C=C2\SC(=O)N(CCNC(=O)CCOCC3CCCO3)C2=O)cc(OC)c1OC. The maximum absolute atomic E-state index is 12.7. The van der Waals surface area contributed by atoms with Crippen LogP contribution in [0.3, 0.4) is 0 Å². The van der Waals surface area contributed by atoms with Gasteiger partial charge in [0.15, 0.2) is 11.5 Å². The van der Waals surface area contributed by atoms with Gasteiger partial charge < -0.3 is 29.0 Å². The Balaban J connectivity index is 1.49. The van der Waals surface area contributed by atoms with Crippen LogP contribution in [0.4, 0.5) is 4.79 Å². The van der Waals surface area contributed by atoms with Crippen LogP contribution in [0.25, 0.3) is 6.08 Å². The number of hydrogen-bond donors (Lipinski definition) is 1. The lowest BCUT2D eigenvalue weighted by Gasteiger charge is -2.14. The maximum atomic E-state index is 12.7. The van der Waals surface area contributed by atoms with E-state index in [0.717, 1.165) is 36.1 Å². The van der Waals surface area contributed by atoms with Crippen LogP contribution in [-0.4, -0.2) is 82.3 Å². The summed E-state index contributed by atoms with van der Waals surface area (Å²) in [5.74, 6) is 0.693. The quantitative estimate of drug-likeness (QED) is 0.346. The molecule has 3 rings (SSSR count). The Hall–Kier alpha value is -2.76. The van der Waals surface area contributed by atoms with Crippen LogP contribution in [0.15, 0.2) is 17.0 Å². The molecule has 10 nitrogen and oxygen atoms in total. The van der Waals surface area contributed by atoms with E-state index in [1.807, 2.05) is 0 Å². The molecular weight excluding hydrogens is 464 g/mol. The molecule has 1 aromatic rings. The van der Waals surface area contributed by atoms with E-state index in [2.05, 4.69) is 5.32 Å². The summed E-state index contributed by atoms with van der Waals surface area (Å²) in [6.45, 7) is 1.80. The molecule has 0 aromatic heterocycles. The molecule has 2 saturated heterocycles. The Bertz CT molecular complexity index is 905. The van der Waals surface area contributed by atoms with E-state index in [1.54, 1.807) is 18.2 Å². The molecule has 0 radical (unpaired) electrons. The smallest absolute Gasteiger partial charge is 0.293 e. The third kappa shape index (κ3) is 6.64. The lowest BCUT2D eigenvalue weighted by molar-refractivity contribution is -0.124. The van der Waals surface area contributed by atoms with Gasteiger partial charge in [-0.15, -0.1) is 0 Å². The summed E-state index contributed by atoms with van der Waals surface area (Å²) in [7, 11) is 4.50. The number of hydrogen-bond acceptors (Lipinski definition) is 9. The van der Waals surface area contributed by atoms with Gasteiger partial charge >= 0.3 is 0 Å². The van der Waals surface area contributed by atoms with Crippen molar-refractivity contribution in [3.63, 3.8) is 0 Å². The number of carbonyl (C=O) groups excluding carboxylic acids is 3. The molecule has 0 bridgehead atoms. The third-order valence-electron chi connectivity index (χ3n) is 5.32. The molecule has 0 saturated carbocycles. The Morgan fingerprint density at radius 2 is 1.94 bits per heavy atom. The second-order valence-electron chi connectivity index (χ2n) is 7.60. The van der Waals surface area contributed by atoms with Gasteiger partial charge in [0.05, 0.1) is 45.6 Å². The number of rotatable bonds is 12. The van der Waals surface area contributed by atoms with E-state index in [9.17, 15) is 14.4 Å². The first-order chi connectivity index (χ1) is 16.5. The molecule has 2 heterocycles. The van der Waals surface area contributed by atoms with Crippen LogP contribution in [0, 0.1) is 0 Å². The van der Waals surface area contributed by atoms with Crippen molar-refractivity contribution in [2.45, 2.75) is 25.4 Å². The summed E-state index contributed by atoms with van der Waals surface area (Å²) in [5, 5.41) is 2.32. The molecule has 1 unspecified atom stereocenters. The molecule has 186 valence electrons. The predicted molar refractivity (Wildman–Crippen MR) is 126 cm³/mol. The minimum absolute atomic E-state index is 0.0831. The zero-order valence-corrected chi connectivity index (χ0v) is 20.4. The molecule has 3 amide bonds. The van der Waals surface area contributed by atoms with Gasteiger partial charge in [-0.25, -0.2) is 0 Å². The predicted octanol–water partition coefficient (Wildman–Crippen LogP) is 2.45. The highest BCUT2D eigenvalue weighted by Crippen LogP contribution is 2.40. The normalized spacial score (nSPS) is 19.1. The van der Waals surface area contributed by atoms with Gasteiger partial charge in [-0.1, -0.05) is 0 Å². The van der Waals surface area contributed by atoms with Crippen LogP contribution < -0.4 is 19.5 Å². The first kappa shape index (κ1) is 25.9. The Morgan fingerprint density at radius 1 is 1.21 bits per heavy atom. The minimum atomic E-state index is -0.419. The number of nitrogens with one attached hydrogen (secondary N) is 1. The molecule has 0 aliphatic carbocycles. The number of imide groups is 1. The van der Waals surface area contributed by atoms with Gasteiger partial charge in [0, 0.05) is 26.1 Å². The van der Waals surface area contributed by atoms with Crippen molar-refractivity contribution in [3.05, 3.63) is 22.6 Å². The first-order valence-corrected chi connectivity index (χ1v) is 11.8. The van der Waals surface area contributed by atoms with Gasteiger partial charge in [0.2, 0.25) is 11.7 Å². The standard InChI is InChI=1S/C23H30N2O8S/c1-29-17-11-15(12-18(30-2)21(17)31-3)13-19-22(27)25(23(28)34-19)8-7-24-20(26)6-10-32-14-16-5-4-9-33-16/h11-13,16H,4-10,14H2,1-3H3,(H,24,26)/b19-13-. The molecule has 1 aromatic carbocycles. The van der Waals surface area contributed by atoms with Gasteiger partial charge in [-0.05, 0) is 48.4 Å². The first-order valence-electron chi connectivity index (χ1n) is 11.0. The Kier molecular flexibility index (Phi) is 9.61. The summed E-state index contributed by atoms with van der Waals surface area (Å²) >= 11 is 0.842. The molecule has 34 heavy (non-hydrogen) atoms. The third-order valence-corrected chi connectivity index (χ3v) is 6.22. The second-order valence-corrected chi connectivity index (χ2v) is 8.60. The van der Waals surface area contributed by atoms with Crippen LogP contribution in [0.1, 0.15) is 24.8 Å². The summed E-state index contributed by atoms with van der Waals surface area (Å²) in [6, 6.07) is 3.38. The lowest BCUT2D eigenvalue weighted by atomic mass is 10.1. The molecule has 2 fully saturated rings. The van der Waals surface area contributed by atoms with Crippen molar-refractivity contribution in [1.29, 1.82) is 0 Å². The molecule has 2 aliphatic heterocycles. The fourth-order valence-electron chi connectivity index (χ4n) is 3.58. The van der Waals surface area contributed by atoms with E-state index in [-0.39, 0.29) is 36.4 Å². The topological polar surface area (TPSA) is 113 Å². The number of amides is 3. The van der Waals surface area contributed by atoms with Gasteiger partial charge in [0.1, 0.15) is 0 Å². The zero-order chi connectivity index (χ0) is 24.5. The highest BCUT2D eigenvalue weighted by atomic mass is 32.2. The zero-order valence-electron chi connectivity index (χ0n) is 19.6.